The molecule has 61 valence electrons. The van der Waals surface area contributed by atoms with Crippen molar-refractivity contribution in [2.45, 2.75) is 6.92 Å². The molecule has 1 aliphatic rings. The topological polar surface area (TPSA) is 53.9 Å². The van der Waals surface area contributed by atoms with Gasteiger partial charge in [-0.1, -0.05) is 0 Å². The molecule has 2 N–H and O–H groups in total. The first-order valence-corrected chi connectivity index (χ1v) is 3.93. The van der Waals surface area contributed by atoms with Gasteiger partial charge in [0.05, 0.1) is 17.6 Å². The predicted octanol–water partition coefficient (Wildman–Crippen LogP) is 1.27. The van der Waals surface area contributed by atoms with Crippen molar-refractivity contribution in [3.8, 4) is 0 Å². The van der Waals surface area contributed by atoms with Crippen LogP contribution in [0.15, 0.2) is 15.4 Å². The van der Waals surface area contributed by atoms with Gasteiger partial charge in [0.1, 0.15) is 0 Å². The largest absolute Gasteiger partial charge is 0.493 e. The first kappa shape index (κ1) is 8.39. The molecule has 1 radical (unpaired) electrons. The molecule has 0 amide bonds. The van der Waals surface area contributed by atoms with Gasteiger partial charge in [-0.3, -0.25) is 0 Å². The number of nitrogens with one attached hydrogen (secondary N) is 1. The first-order chi connectivity index (χ1) is 5.24. The number of rotatable bonds is 1. The number of aliphatic hydroxyl groups excluding tert-OH is 1. The average molecular weight is 220 g/mol. The molecular formula is C6H8BrN2O2. The summed E-state index contributed by atoms with van der Waals surface area (Å²) in [5.74, 6) is -0.0767. The molecule has 0 aromatic heterocycles. The lowest BCUT2D eigenvalue weighted by atomic mass is 10.5. The van der Waals surface area contributed by atoms with E-state index < -0.39 is 0 Å². The Hall–Kier alpha value is -0.710. The Morgan fingerprint density at radius 1 is 1.82 bits per heavy atom. The van der Waals surface area contributed by atoms with Crippen LogP contribution in [0, 0.1) is 6.54 Å². The van der Waals surface area contributed by atoms with Gasteiger partial charge in [0.15, 0.2) is 0 Å². The molecular weight excluding hydrogens is 212 g/mol. The van der Waals surface area contributed by atoms with E-state index >= 15 is 0 Å². The fraction of sp³-hybridized carbons (Fsp3) is 0.333. The summed E-state index contributed by atoms with van der Waals surface area (Å²) < 4.78 is 5.51. The van der Waals surface area contributed by atoms with Crippen LogP contribution in [0.1, 0.15) is 6.92 Å². The highest BCUT2D eigenvalue weighted by Crippen LogP contribution is 2.16. The van der Waals surface area contributed by atoms with Crippen molar-refractivity contribution < 1.29 is 9.84 Å². The Kier molecular flexibility index (Phi) is 2.76. The zero-order valence-electron chi connectivity index (χ0n) is 5.97. The van der Waals surface area contributed by atoms with E-state index in [9.17, 15) is 0 Å². The normalized spacial score (nSPS) is 17.5. The third kappa shape index (κ3) is 2.11. The number of aliphatic hydroxyl groups is 1. The van der Waals surface area contributed by atoms with E-state index in [0.29, 0.717) is 17.1 Å². The van der Waals surface area contributed by atoms with E-state index in [0.717, 1.165) is 0 Å². The number of ether oxygens (including phenoxy) is 1. The van der Waals surface area contributed by atoms with Crippen LogP contribution in [0.25, 0.3) is 0 Å². The zero-order chi connectivity index (χ0) is 8.27. The van der Waals surface area contributed by atoms with Crippen molar-refractivity contribution in [1.29, 1.82) is 0 Å². The van der Waals surface area contributed by atoms with Crippen LogP contribution in [-0.4, -0.2) is 17.7 Å². The molecule has 5 heteroatoms. The van der Waals surface area contributed by atoms with E-state index in [1.165, 1.54) is 0 Å². The van der Waals surface area contributed by atoms with Crippen molar-refractivity contribution >= 4 is 22.0 Å². The van der Waals surface area contributed by atoms with Crippen LogP contribution in [0.2, 0.25) is 0 Å². The Morgan fingerprint density at radius 3 is 3.09 bits per heavy atom. The number of aliphatic imine (C=N–C) groups is 1. The number of halogens is 1. The summed E-state index contributed by atoms with van der Waals surface area (Å²) in [4.78, 5) is 3.69. The van der Waals surface area contributed by atoms with Crippen LogP contribution < -0.4 is 5.32 Å². The van der Waals surface area contributed by atoms with Crippen LogP contribution in [0.3, 0.4) is 0 Å². The number of nitrogens with zero attached hydrogens (tertiary/aromatic N) is 1. The highest BCUT2D eigenvalue weighted by molar-refractivity contribution is 9.11. The molecule has 0 saturated carbocycles. The third-order valence-corrected chi connectivity index (χ3v) is 1.61. The monoisotopic (exact) mass is 219 g/mol. The summed E-state index contributed by atoms with van der Waals surface area (Å²) in [5, 5.41) is 11.8. The van der Waals surface area contributed by atoms with Crippen LogP contribution in [-0.2, 0) is 4.74 Å². The highest BCUT2D eigenvalue weighted by atomic mass is 79.9. The van der Waals surface area contributed by atoms with Gasteiger partial charge in [-0.15, -0.1) is 0 Å². The second-order valence-electron chi connectivity index (χ2n) is 1.81. The summed E-state index contributed by atoms with van der Waals surface area (Å²) >= 11 is 3.08. The summed E-state index contributed by atoms with van der Waals surface area (Å²) in [7, 11) is 0. The summed E-state index contributed by atoms with van der Waals surface area (Å²) in [6.45, 7) is 3.92. The van der Waals surface area contributed by atoms with Crippen molar-refractivity contribution in [2.24, 2.45) is 4.99 Å². The summed E-state index contributed by atoms with van der Waals surface area (Å²) in [6.07, 6.45) is 0. The second kappa shape index (κ2) is 3.61. The van der Waals surface area contributed by atoms with E-state index in [1.807, 2.05) is 6.92 Å². The minimum Gasteiger partial charge on any atom is -0.493 e. The molecule has 0 unspecified atom stereocenters. The van der Waals surface area contributed by atoms with Crippen LogP contribution in [0.5, 0.6) is 0 Å². The first-order valence-electron chi connectivity index (χ1n) is 3.14. The molecule has 0 aliphatic carbocycles. The van der Waals surface area contributed by atoms with E-state index in [2.05, 4.69) is 26.2 Å². The number of amidine groups is 1. The minimum atomic E-state index is -0.0767. The SMILES string of the molecule is CCOC1=NC(O)=C(Br)[CH]N1. The van der Waals surface area contributed by atoms with E-state index in [1.54, 1.807) is 6.54 Å². The lowest BCUT2D eigenvalue weighted by molar-refractivity contribution is 0.304. The van der Waals surface area contributed by atoms with Gasteiger partial charge < -0.3 is 15.2 Å². The van der Waals surface area contributed by atoms with E-state index in [4.69, 9.17) is 9.84 Å². The maximum atomic E-state index is 9.07. The lowest BCUT2D eigenvalue weighted by Gasteiger charge is -2.13. The van der Waals surface area contributed by atoms with Crippen molar-refractivity contribution in [1.82, 2.24) is 5.32 Å². The fourth-order valence-corrected chi connectivity index (χ4v) is 0.785. The quantitative estimate of drug-likeness (QED) is 0.699. The molecule has 4 nitrogen and oxygen atoms in total. The molecule has 0 saturated heterocycles. The van der Waals surface area contributed by atoms with Crippen molar-refractivity contribution in [2.75, 3.05) is 6.61 Å². The van der Waals surface area contributed by atoms with Gasteiger partial charge in [-0.25, -0.2) is 0 Å². The molecule has 0 aromatic carbocycles. The Labute approximate surface area is 73.1 Å². The molecule has 0 spiro atoms. The zero-order valence-corrected chi connectivity index (χ0v) is 7.55. The fourth-order valence-electron chi connectivity index (χ4n) is 0.582. The standard InChI is InChI=1S/C6H8BrN2O2/c1-2-11-6-8-3-4(7)5(10)9-6/h3,10H,2H2,1H3,(H,8,9). The van der Waals surface area contributed by atoms with Crippen LogP contribution in [0.4, 0.5) is 0 Å². The molecule has 0 bridgehead atoms. The highest BCUT2D eigenvalue weighted by Gasteiger charge is 2.11. The van der Waals surface area contributed by atoms with Crippen molar-refractivity contribution in [3.63, 3.8) is 0 Å². The molecule has 1 rings (SSSR count). The van der Waals surface area contributed by atoms with Crippen LogP contribution >= 0.6 is 15.9 Å². The molecule has 11 heavy (non-hydrogen) atoms. The Balaban J connectivity index is 2.64. The third-order valence-electron chi connectivity index (χ3n) is 1.02. The molecule has 1 aliphatic heterocycles. The van der Waals surface area contributed by atoms with Gasteiger partial charge in [-0.2, -0.15) is 4.99 Å². The summed E-state index contributed by atoms with van der Waals surface area (Å²) in [5.41, 5.74) is 0. The molecule has 0 fully saturated rings. The number of hydrogen-bond donors (Lipinski definition) is 2. The van der Waals surface area contributed by atoms with Gasteiger partial charge in [-0.05, 0) is 22.9 Å². The Bertz CT molecular complexity index is 209. The second-order valence-corrected chi connectivity index (χ2v) is 2.66. The van der Waals surface area contributed by atoms with Gasteiger partial charge >= 0.3 is 0 Å². The number of hydrogen-bond acceptors (Lipinski definition) is 4. The van der Waals surface area contributed by atoms with Crippen molar-refractivity contribution in [3.05, 3.63) is 16.9 Å². The van der Waals surface area contributed by atoms with Gasteiger partial charge in [0, 0.05) is 0 Å². The van der Waals surface area contributed by atoms with Gasteiger partial charge in [0.2, 0.25) is 5.88 Å². The Morgan fingerprint density at radius 2 is 2.55 bits per heavy atom. The maximum absolute atomic E-state index is 9.07. The maximum Gasteiger partial charge on any atom is 0.293 e. The predicted molar refractivity (Wildman–Crippen MR) is 45.1 cm³/mol. The molecule has 0 atom stereocenters. The average Bonchev–Trinajstić information content (AvgIpc) is 1.98. The molecule has 0 aromatic rings. The molecule has 1 heterocycles. The van der Waals surface area contributed by atoms with E-state index in [-0.39, 0.29) is 5.88 Å². The van der Waals surface area contributed by atoms with Gasteiger partial charge in [0.25, 0.3) is 6.02 Å². The smallest absolute Gasteiger partial charge is 0.293 e. The minimum absolute atomic E-state index is 0.0767. The lowest BCUT2D eigenvalue weighted by Crippen LogP contribution is -2.27. The summed E-state index contributed by atoms with van der Waals surface area (Å²) in [6, 6.07) is 0.313.